The van der Waals surface area contributed by atoms with Crippen molar-refractivity contribution >= 4 is 0 Å². The smallest absolute Gasteiger partial charge is 0.126 e. The number of ether oxygens (including phenoxy) is 1. The van der Waals surface area contributed by atoms with Gasteiger partial charge in [0.1, 0.15) is 11.9 Å². The Bertz CT molecular complexity index is 633. The van der Waals surface area contributed by atoms with Crippen molar-refractivity contribution in [3.8, 4) is 5.75 Å². The summed E-state index contributed by atoms with van der Waals surface area (Å²) in [5.41, 5.74) is 10.2. The maximum absolute atomic E-state index is 6.30. The number of rotatable bonds is 2. The van der Waals surface area contributed by atoms with Crippen molar-refractivity contribution in [3.05, 3.63) is 65.2 Å². The van der Waals surface area contributed by atoms with Gasteiger partial charge in [0.2, 0.25) is 0 Å². The predicted octanol–water partition coefficient (Wildman–Crippen LogP) is 4.09. The van der Waals surface area contributed by atoms with Gasteiger partial charge in [0.05, 0.1) is 0 Å². The van der Waals surface area contributed by atoms with Gasteiger partial charge in [-0.3, -0.25) is 0 Å². The summed E-state index contributed by atoms with van der Waals surface area (Å²) < 4.78 is 6.16. The van der Waals surface area contributed by atoms with Gasteiger partial charge in [0.25, 0.3) is 0 Å². The molecule has 2 aromatic carbocycles. The number of benzene rings is 2. The lowest BCUT2D eigenvalue weighted by molar-refractivity contribution is 0.161. The summed E-state index contributed by atoms with van der Waals surface area (Å²) in [6, 6.07) is 17.0. The lowest BCUT2D eigenvalue weighted by Gasteiger charge is -2.30. The Morgan fingerprint density at radius 2 is 1.75 bits per heavy atom. The fraction of sp³-hybridized carbons (Fsp3) is 0.333. The Labute approximate surface area is 119 Å². The van der Waals surface area contributed by atoms with E-state index in [0.29, 0.717) is 0 Å². The summed E-state index contributed by atoms with van der Waals surface area (Å²) >= 11 is 0. The van der Waals surface area contributed by atoms with E-state index in [1.54, 1.807) is 0 Å². The maximum atomic E-state index is 6.30. The first-order valence-electron chi connectivity index (χ1n) is 7.42. The van der Waals surface area contributed by atoms with E-state index >= 15 is 0 Å². The molecule has 0 radical (unpaired) electrons. The largest absolute Gasteiger partial charge is 0.485 e. The predicted molar refractivity (Wildman–Crippen MR) is 79.8 cm³/mol. The van der Waals surface area contributed by atoms with E-state index in [1.807, 2.05) is 18.2 Å². The first-order chi connectivity index (χ1) is 9.81. The molecule has 1 fully saturated rings. The molecule has 20 heavy (non-hydrogen) atoms. The van der Waals surface area contributed by atoms with Gasteiger partial charge in [-0.1, -0.05) is 42.5 Å². The minimum absolute atomic E-state index is 0.0644. The summed E-state index contributed by atoms with van der Waals surface area (Å²) in [7, 11) is 0. The van der Waals surface area contributed by atoms with E-state index in [2.05, 4.69) is 30.3 Å². The third-order valence-corrected chi connectivity index (χ3v) is 4.39. The maximum Gasteiger partial charge on any atom is 0.126 e. The second-order valence-corrected chi connectivity index (χ2v) is 5.93. The summed E-state index contributed by atoms with van der Waals surface area (Å²) in [6.07, 6.45) is 3.60. The Morgan fingerprint density at radius 1 is 0.950 bits per heavy atom. The molecule has 1 saturated carbocycles. The zero-order valence-corrected chi connectivity index (χ0v) is 11.5. The molecule has 2 heteroatoms. The highest BCUT2D eigenvalue weighted by atomic mass is 16.5. The van der Waals surface area contributed by atoms with Crippen LogP contribution in [0, 0.1) is 0 Å². The molecule has 2 atom stereocenters. The van der Waals surface area contributed by atoms with Gasteiger partial charge >= 0.3 is 0 Å². The highest BCUT2D eigenvalue weighted by Gasteiger charge is 2.28. The van der Waals surface area contributed by atoms with Crippen molar-refractivity contribution < 1.29 is 4.74 Å². The number of fused-ring (bicyclic) bond motifs is 1. The SMILES string of the molecule is N[C@@H]1CC(c2cccc(C3CC3)c2)Oc2ccccc21. The third-order valence-electron chi connectivity index (χ3n) is 4.39. The first kappa shape index (κ1) is 12.0. The van der Waals surface area contributed by atoms with Crippen LogP contribution in [0.2, 0.25) is 0 Å². The first-order valence-corrected chi connectivity index (χ1v) is 7.42. The molecule has 2 nitrogen and oxygen atoms in total. The zero-order valence-electron chi connectivity index (χ0n) is 11.5. The van der Waals surface area contributed by atoms with Crippen LogP contribution in [-0.2, 0) is 0 Å². The fourth-order valence-electron chi connectivity index (χ4n) is 3.09. The molecule has 1 aliphatic carbocycles. The molecule has 1 unspecified atom stereocenters. The fourth-order valence-corrected chi connectivity index (χ4v) is 3.09. The van der Waals surface area contributed by atoms with E-state index < -0.39 is 0 Å². The molecule has 2 aromatic rings. The minimum Gasteiger partial charge on any atom is -0.485 e. The Kier molecular flexibility index (Phi) is 2.78. The van der Waals surface area contributed by atoms with E-state index in [4.69, 9.17) is 10.5 Å². The summed E-state index contributed by atoms with van der Waals surface area (Å²) in [6.45, 7) is 0. The summed E-state index contributed by atoms with van der Waals surface area (Å²) in [5, 5.41) is 0. The van der Waals surface area contributed by atoms with Crippen molar-refractivity contribution in [1.29, 1.82) is 0 Å². The van der Waals surface area contributed by atoms with Crippen LogP contribution < -0.4 is 10.5 Å². The zero-order chi connectivity index (χ0) is 13.5. The molecule has 2 N–H and O–H groups in total. The average molecular weight is 265 g/mol. The lowest BCUT2D eigenvalue weighted by Crippen LogP contribution is -2.24. The van der Waals surface area contributed by atoms with Crippen LogP contribution in [0.15, 0.2) is 48.5 Å². The number of hydrogen-bond donors (Lipinski definition) is 1. The number of hydrogen-bond acceptors (Lipinski definition) is 2. The van der Waals surface area contributed by atoms with Crippen LogP contribution in [0.4, 0.5) is 0 Å². The molecule has 0 amide bonds. The highest BCUT2D eigenvalue weighted by Crippen LogP contribution is 2.43. The lowest BCUT2D eigenvalue weighted by atomic mass is 9.92. The third kappa shape index (κ3) is 2.10. The Hall–Kier alpha value is -1.80. The van der Waals surface area contributed by atoms with Crippen LogP contribution >= 0.6 is 0 Å². The molecule has 1 heterocycles. The van der Waals surface area contributed by atoms with E-state index in [1.165, 1.54) is 24.0 Å². The van der Waals surface area contributed by atoms with Gasteiger partial charge in [-0.2, -0.15) is 0 Å². The summed E-state index contributed by atoms with van der Waals surface area (Å²) in [5.74, 6) is 1.72. The normalized spacial score (nSPS) is 24.9. The van der Waals surface area contributed by atoms with E-state index in [0.717, 1.165) is 23.7 Å². The number of nitrogens with two attached hydrogens (primary N) is 1. The van der Waals surface area contributed by atoms with Crippen molar-refractivity contribution in [2.24, 2.45) is 5.73 Å². The number of para-hydroxylation sites is 1. The topological polar surface area (TPSA) is 35.2 Å². The molecule has 0 aromatic heterocycles. The molecule has 1 aliphatic heterocycles. The molecule has 0 bridgehead atoms. The van der Waals surface area contributed by atoms with E-state index in [-0.39, 0.29) is 12.1 Å². The quantitative estimate of drug-likeness (QED) is 0.887. The van der Waals surface area contributed by atoms with E-state index in [9.17, 15) is 0 Å². The standard InChI is InChI=1S/C18H19NO/c19-16-11-18(20-17-7-2-1-6-15(16)17)14-5-3-4-13(10-14)12-8-9-12/h1-7,10,12,16,18H,8-9,11,19H2/t16-,18?/m1/s1. The van der Waals surface area contributed by atoms with Gasteiger partial charge in [0, 0.05) is 18.0 Å². The molecule has 102 valence electrons. The van der Waals surface area contributed by atoms with Crippen LogP contribution in [0.3, 0.4) is 0 Å². The van der Waals surface area contributed by atoms with Crippen LogP contribution in [0.5, 0.6) is 5.75 Å². The minimum atomic E-state index is 0.0644. The van der Waals surface area contributed by atoms with Gasteiger partial charge in [0.15, 0.2) is 0 Å². The van der Waals surface area contributed by atoms with Crippen LogP contribution in [0.25, 0.3) is 0 Å². The molecule has 2 aliphatic rings. The van der Waals surface area contributed by atoms with Crippen molar-refractivity contribution in [2.45, 2.75) is 37.3 Å². The second-order valence-electron chi connectivity index (χ2n) is 5.93. The van der Waals surface area contributed by atoms with Gasteiger partial charge in [-0.15, -0.1) is 0 Å². The Balaban J connectivity index is 1.65. The Morgan fingerprint density at radius 3 is 2.60 bits per heavy atom. The van der Waals surface area contributed by atoms with Gasteiger partial charge in [-0.05, 0) is 36.0 Å². The molecule has 4 rings (SSSR count). The average Bonchev–Trinajstić information content (AvgIpc) is 3.32. The van der Waals surface area contributed by atoms with Crippen molar-refractivity contribution in [2.75, 3.05) is 0 Å². The highest BCUT2D eigenvalue weighted by molar-refractivity contribution is 5.40. The van der Waals surface area contributed by atoms with Crippen molar-refractivity contribution in [3.63, 3.8) is 0 Å². The summed E-state index contributed by atoms with van der Waals surface area (Å²) in [4.78, 5) is 0. The van der Waals surface area contributed by atoms with Crippen molar-refractivity contribution in [1.82, 2.24) is 0 Å². The van der Waals surface area contributed by atoms with Gasteiger partial charge in [-0.25, -0.2) is 0 Å². The van der Waals surface area contributed by atoms with Crippen LogP contribution in [-0.4, -0.2) is 0 Å². The molecule has 0 saturated heterocycles. The molecule has 0 spiro atoms. The molecular weight excluding hydrogens is 246 g/mol. The van der Waals surface area contributed by atoms with Gasteiger partial charge < -0.3 is 10.5 Å². The van der Waals surface area contributed by atoms with Crippen LogP contribution in [0.1, 0.15) is 54.0 Å². The monoisotopic (exact) mass is 265 g/mol. The molecular formula is C18H19NO. The second kappa shape index (κ2) is 4.64.